The number of methoxy groups -OCH3 is 2. The Bertz CT molecular complexity index is 827. The van der Waals surface area contributed by atoms with Crippen molar-refractivity contribution in [2.45, 2.75) is 32.3 Å². The predicted octanol–water partition coefficient (Wildman–Crippen LogP) is 2.70. The molecule has 9 nitrogen and oxygen atoms in total. The molecule has 1 aromatic carbocycles. The molecule has 0 aliphatic carbocycles. The monoisotopic (exact) mass is 447 g/mol. The van der Waals surface area contributed by atoms with Gasteiger partial charge in [-0.05, 0) is 38.5 Å². The standard InChI is InChI=1S/C23H33N3O6/c1-23(2,3)32-22(29)25-12-10-24(11-13-25)17-8-6-16(7-9-17)18-14-26(21(28)31-5)15-19(18)20(27)30-4/h6-9,18-19H,10-15H2,1-5H3/t18-,19-/m1/s1. The van der Waals surface area contributed by atoms with Crippen LogP contribution in [0.25, 0.3) is 0 Å². The van der Waals surface area contributed by atoms with Crippen LogP contribution in [-0.4, -0.2) is 87.0 Å². The van der Waals surface area contributed by atoms with Gasteiger partial charge in [0.15, 0.2) is 0 Å². The molecule has 0 saturated carbocycles. The Morgan fingerprint density at radius 1 is 0.844 bits per heavy atom. The smallest absolute Gasteiger partial charge is 0.410 e. The zero-order valence-corrected chi connectivity index (χ0v) is 19.5. The molecule has 1 aromatic rings. The molecular formula is C23H33N3O6. The van der Waals surface area contributed by atoms with Crippen molar-refractivity contribution in [1.82, 2.24) is 9.80 Å². The molecule has 0 bridgehead atoms. The number of piperazine rings is 1. The number of carbonyl (C=O) groups is 3. The fourth-order valence-electron chi connectivity index (χ4n) is 4.22. The molecule has 2 saturated heterocycles. The number of hydrogen-bond donors (Lipinski definition) is 0. The fraction of sp³-hybridized carbons (Fsp3) is 0.609. The lowest BCUT2D eigenvalue weighted by atomic mass is 9.89. The van der Waals surface area contributed by atoms with Crippen LogP contribution < -0.4 is 4.90 Å². The Balaban J connectivity index is 1.64. The molecule has 2 aliphatic heterocycles. The Labute approximate surface area is 189 Å². The van der Waals surface area contributed by atoms with Crippen molar-refractivity contribution in [2.75, 3.05) is 58.4 Å². The van der Waals surface area contributed by atoms with Crippen LogP contribution in [0.15, 0.2) is 24.3 Å². The summed E-state index contributed by atoms with van der Waals surface area (Å²) in [6.45, 7) is 8.88. The van der Waals surface area contributed by atoms with Gasteiger partial charge in [-0.3, -0.25) is 4.79 Å². The number of hydrogen-bond acceptors (Lipinski definition) is 7. The molecule has 2 aliphatic rings. The van der Waals surface area contributed by atoms with Gasteiger partial charge in [-0.2, -0.15) is 0 Å². The molecule has 3 rings (SSSR count). The number of esters is 1. The van der Waals surface area contributed by atoms with E-state index < -0.39 is 17.6 Å². The van der Waals surface area contributed by atoms with Crippen molar-refractivity contribution in [3.8, 4) is 0 Å². The topological polar surface area (TPSA) is 88.6 Å². The molecule has 9 heteroatoms. The Hall–Kier alpha value is -2.97. The zero-order chi connectivity index (χ0) is 23.5. The van der Waals surface area contributed by atoms with Gasteiger partial charge in [0.2, 0.25) is 0 Å². The van der Waals surface area contributed by atoms with E-state index in [0.717, 1.165) is 11.3 Å². The molecule has 2 fully saturated rings. The first-order valence-corrected chi connectivity index (χ1v) is 10.9. The normalized spacial score (nSPS) is 21.3. The average molecular weight is 448 g/mol. The molecule has 0 radical (unpaired) electrons. The minimum Gasteiger partial charge on any atom is -0.469 e. The third-order valence-corrected chi connectivity index (χ3v) is 5.87. The van der Waals surface area contributed by atoms with Crippen LogP contribution in [0.5, 0.6) is 0 Å². The number of nitrogens with zero attached hydrogens (tertiary/aromatic N) is 3. The van der Waals surface area contributed by atoms with E-state index in [1.165, 1.54) is 19.1 Å². The average Bonchev–Trinajstić information content (AvgIpc) is 3.22. The summed E-state index contributed by atoms with van der Waals surface area (Å²) in [5.74, 6) is -0.911. The molecule has 2 heterocycles. The maximum Gasteiger partial charge on any atom is 0.410 e. The Kier molecular flexibility index (Phi) is 7.16. The van der Waals surface area contributed by atoms with Crippen molar-refractivity contribution < 1.29 is 28.6 Å². The Morgan fingerprint density at radius 3 is 2.00 bits per heavy atom. The van der Waals surface area contributed by atoms with Crippen molar-refractivity contribution >= 4 is 23.8 Å². The van der Waals surface area contributed by atoms with Crippen LogP contribution >= 0.6 is 0 Å². The lowest BCUT2D eigenvalue weighted by molar-refractivity contribution is -0.145. The highest BCUT2D eigenvalue weighted by atomic mass is 16.6. The zero-order valence-electron chi connectivity index (χ0n) is 19.5. The van der Waals surface area contributed by atoms with Crippen LogP contribution in [0.4, 0.5) is 15.3 Å². The number of benzene rings is 1. The summed E-state index contributed by atoms with van der Waals surface area (Å²) in [7, 11) is 2.69. The quantitative estimate of drug-likeness (QED) is 0.520. The second kappa shape index (κ2) is 9.67. The van der Waals surface area contributed by atoms with Gasteiger partial charge in [0.05, 0.1) is 20.1 Å². The van der Waals surface area contributed by atoms with E-state index in [4.69, 9.17) is 14.2 Å². The van der Waals surface area contributed by atoms with Gasteiger partial charge in [0.25, 0.3) is 0 Å². The van der Waals surface area contributed by atoms with Gasteiger partial charge in [-0.1, -0.05) is 12.1 Å². The molecule has 2 amide bonds. The number of ether oxygens (including phenoxy) is 3. The van der Waals surface area contributed by atoms with E-state index in [1.54, 1.807) is 4.90 Å². The minimum absolute atomic E-state index is 0.153. The van der Waals surface area contributed by atoms with Crippen LogP contribution in [0, 0.1) is 5.92 Å². The van der Waals surface area contributed by atoms with E-state index in [1.807, 2.05) is 45.0 Å². The van der Waals surface area contributed by atoms with Crippen LogP contribution in [0.3, 0.4) is 0 Å². The predicted molar refractivity (Wildman–Crippen MR) is 119 cm³/mol. The molecule has 2 atom stereocenters. The first kappa shape index (κ1) is 23.7. The summed E-state index contributed by atoms with van der Waals surface area (Å²) in [5, 5.41) is 0. The number of anilines is 1. The first-order valence-electron chi connectivity index (χ1n) is 10.9. The molecule has 0 unspecified atom stereocenters. The second-order valence-electron chi connectivity index (χ2n) is 9.16. The molecule has 0 aromatic heterocycles. The number of rotatable bonds is 3. The molecular weight excluding hydrogens is 414 g/mol. The van der Waals surface area contributed by atoms with Crippen LogP contribution in [0.2, 0.25) is 0 Å². The first-order chi connectivity index (χ1) is 15.1. The third-order valence-electron chi connectivity index (χ3n) is 5.87. The second-order valence-corrected chi connectivity index (χ2v) is 9.16. The van der Waals surface area contributed by atoms with Gasteiger partial charge in [-0.15, -0.1) is 0 Å². The summed E-state index contributed by atoms with van der Waals surface area (Å²) in [5.41, 5.74) is 1.52. The number of likely N-dealkylation sites (tertiary alicyclic amines) is 1. The third kappa shape index (κ3) is 5.44. The van der Waals surface area contributed by atoms with E-state index in [2.05, 4.69) is 4.90 Å². The fourth-order valence-corrected chi connectivity index (χ4v) is 4.22. The largest absolute Gasteiger partial charge is 0.469 e. The maximum absolute atomic E-state index is 12.3. The number of amides is 2. The summed E-state index contributed by atoms with van der Waals surface area (Å²) < 4.78 is 15.2. The van der Waals surface area contributed by atoms with Gasteiger partial charge in [0, 0.05) is 50.9 Å². The van der Waals surface area contributed by atoms with E-state index in [9.17, 15) is 14.4 Å². The highest BCUT2D eigenvalue weighted by molar-refractivity contribution is 5.77. The maximum atomic E-state index is 12.3. The van der Waals surface area contributed by atoms with Crippen molar-refractivity contribution in [2.24, 2.45) is 5.92 Å². The summed E-state index contributed by atoms with van der Waals surface area (Å²) >= 11 is 0. The van der Waals surface area contributed by atoms with E-state index in [0.29, 0.717) is 32.7 Å². The van der Waals surface area contributed by atoms with Gasteiger partial charge in [-0.25, -0.2) is 9.59 Å². The lowest BCUT2D eigenvalue weighted by Crippen LogP contribution is -2.50. The van der Waals surface area contributed by atoms with E-state index in [-0.39, 0.29) is 24.5 Å². The SMILES string of the molecule is COC(=O)[C@@H]1CN(C(=O)OC)C[C@@H]1c1ccc(N2CCN(C(=O)OC(C)(C)C)CC2)cc1. The molecule has 176 valence electrons. The molecule has 0 spiro atoms. The van der Waals surface area contributed by atoms with Crippen molar-refractivity contribution in [3.63, 3.8) is 0 Å². The van der Waals surface area contributed by atoms with Crippen molar-refractivity contribution in [3.05, 3.63) is 29.8 Å². The highest BCUT2D eigenvalue weighted by Gasteiger charge is 2.41. The van der Waals surface area contributed by atoms with Gasteiger partial charge in [0.1, 0.15) is 5.60 Å². The van der Waals surface area contributed by atoms with E-state index >= 15 is 0 Å². The van der Waals surface area contributed by atoms with Gasteiger partial charge >= 0.3 is 18.2 Å². The minimum atomic E-state index is -0.504. The van der Waals surface area contributed by atoms with Crippen LogP contribution in [-0.2, 0) is 19.0 Å². The molecule has 0 N–H and O–H groups in total. The highest BCUT2D eigenvalue weighted by Crippen LogP contribution is 2.35. The summed E-state index contributed by atoms with van der Waals surface area (Å²) in [6, 6.07) is 8.04. The lowest BCUT2D eigenvalue weighted by Gasteiger charge is -2.36. The summed E-state index contributed by atoms with van der Waals surface area (Å²) in [4.78, 5) is 42.0. The number of carbonyl (C=O) groups excluding carboxylic acids is 3. The van der Waals surface area contributed by atoms with Crippen LogP contribution in [0.1, 0.15) is 32.3 Å². The summed E-state index contributed by atoms with van der Waals surface area (Å²) in [6.07, 6.45) is -0.723. The van der Waals surface area contributed by atoms with Crippen molar-refractivity contribution in [1.29, 1.82) is 0 Å². The molecule has 32 heavy (non-hydrogen) atoms. The Morgan fingerprint density at radius 2 is 1.47 bits per heavy atom. The van der Waals surface area contributed by atoms with Gasteiger partial charge < -0.3 is 28.9 Å².